The molecule has 3 heterocycles. The van der Waals surface area contributed by atoms with E-state index in [1.54, 1.807) is 42.6 Å². The number of hydrogen-bond acceptors (Lipinski definition) is 9. The molecule has 0 bridgehead atoms. The van der Waals surface area contributed by atoms with Crippen molar-refractivity contribution in [3.05, 3.63) is 60.3 Å². The smallest absolute Gasteiger partial charge is 0.281 e. The highest BCUT2D eigenvalue weighted by molar-refractivity contribution is 7.90. The first-order chi connectivity index (χ1) is 17.5. The number of carbonyl (C=O) groups excluding carboxylic acids is 1. The molecule has 196 valence electrons. The maximum atomic E-state index is 13.2. The largest absolute Gasteiger partial charge is 0.497 e. The van der Waals surface area contributed by atoms with Crippen molar-refractivity contribution in [3.63, 3.8) is 0 Å². The molecule has 1 amide bonds. The van der Waals surface area contributed by atoms with E-state index >= 15 is 0 Å². The van der Waals surface area contributed by atoms with Crippen molar-refractivity contribution >= 4 is 33.3 Å². The molecule has 1 aromatic carbocycles. The number of anilines is 3. The van der Waals surface area contributed by atoms with Gasteiger partial charge >= 0.3 is 0 Å². The van der Waals surface area contributed by atoms with E-state index in [1.807, 2.05) is 0 Å². The van der Waals surface area contributed by atoms with Crippen molar-refractivity contribution in [2.24, 2.45) is 5.92 Å². The summed E-state index contributed by atoms with van der Waals surface area (Å²) in [5, 5.41) is 2.74. The zero-order chi connectivity index (χ0) is 26.8. The Bertz CT molecular complexity index is 1390. The first-order valence-corrected chi connectivity index (χ1v) is 13.3. The SMILES string of the molecule is COc1cc(Nc2cccc(S(=O)(=O)NC(=O)c3cccnc3N3CCC(C)C3(C)C)n2)cc(OC)c1. The molecule has 2 aromatic heterocycles. The molecule has 1 aliphatic rings. The van der Waals surface area contributed by atoms with Gasteiger partial charge in [-0.15, -0.1) is 0 Å². The molecule has 37 heavy (non-hydrogen) atoms. The standard InChI is InChI=1S/C26H31N5O5S/c1-17-11-13-31(26(17,2)3)24-21(8-7-12-27-24)25(32)30-37(33,34)23-10-6-9-22(29-23)28-18-14-19(35-4)16-20(15-18)36-5/h6-10,12,14-17H,11,13H2,1-5H3,(H,28,29)(H,30,32). The van der Waals surface area contributed by atoms with Gasteiger partial charge in [0.1, 0.15) is 23.1 Å². The van der Waals surface area contributed by atoms with E-state index in [2.05, 4.69) is 45.7 Å². The summed E-state index contributed by atoms with van der Waals surface area (Å²) in [4.78, 5) is 23.9. The van der Waals surface area contributed by atoms with Crippen LogP contribution in [0.5, 0.6) is 11.5 Å². The van der Waals surface area contributed by atoms with Crippen LogP contribution in [0.3, 0.4) is 0 Å². The van der Waals surface area contributed by atoms with E-state index in [-0.39, 0.29) is 21.9 Å². The number of benzene rings is 1. The van der Waals surface area contributed by atoms with E-state index in [9.17, 15) is 13.2 Å². The molecule has 0 spiro atoms. The van der Waals surface area contributed by atoms with Crippen LogP contribution in [0.15, 0.2) is 59.8 Å². The third-order valence-corrected chi connectivity index (χ3v) is 8.06. The molecule has 4 rings (SSSR count). The highest BCUT2D eigenvalue weighted by atomic mass is 32.2. The lowest BCUT2D eigenvalue weighted by Crippen LogP contribution is -2.43. The first kappa shape index (κ1) is 26.2. The van der Waals surface area contributed by atoms with Gasteiger partial charge in [0.05, 0.1) is 19.8 Å². The number of methoxy groups -OCH3 is 2. The lowest BCUT2D eigenvalue weighted by Gasteiger charge is -2.36. The highest BCUT2D eigenvalue weighted by Crippen LogP contribution is 2.38. The van der Waals surface area contributed by atoms with Gasteiger partial charge < -0.3 is 19.7 Å². The Morgan fingerprint density at radius 1 is 1.08 bits per heavy atom. The second kappa shape index (κ2) is 10.3. The van der Waals surface area contributed by atoms with E-state index in [4.69, 9.17) is 9.47 Å². The maximum absolute atomic E-state index is 13.2. The maximum Gasteiger partial charge on any atom is 0.281 e. The minimum atomic E-state index is -4.27. The van der Waals surface area contributed by atoms with Crippen molar-refractivity contribution in [1.29, 1.82) is 0 Å². The Hall–Kier alpha value is -3.86. The van der Waals surface area contributed by atoms with Gasteiger partial charge in [0.15, 0.2) is 5.03 Å². The molecule has 0 saturated carbocycles. The zero-order valence-electron chi connectivity index (χ0n) is 21.5. The number of carbonyl (C=O) groups is 1. The van der Waals surface area contributed by atoms with Crippen molar-refractivity contribution in [3.8, 4) is 11.5 Å². The Kier molecular flexibility index (Phi) is 7.26. The summed E-state index contributed by atoms with van der Waals surface area (Å²) in [5.41, 5.74) is 0.544. The van der Waals surface area contributed by atoms with Crippen molar-refractivity contribution in [2.45, 2.75) is 37.8 Å². The Morgan fingerprint density at radius 2 is 1.78 bits per heavy atom. The topological polar surface area (TPSA) is 123 Å². The third-order valence-electron chi connectivity index (χ3n) is 6.82. The van der Waals surface area contributed by atoms with Crippen LogP contribution in [0.2, 0.25) is 0 Å². The van der Waals surface area contributed by atoms with Crippen LogP contribution in [0.25, 0.3) is 0 Å². The molecule has 0 aliphatic carbocycles. The fourth-order valence-corrected chi connectivity index (χ4v) is 5.22. The van der Waals surface area contributed by atoms with Gasteiger partial charge in [-0.25, -0.2) is 14.7 Å². The quantitative estimate of drug-likeness (QED) is 0.449. The van der Waals surface area contributed by atoms with Crippen molar-refractivity contribution in [2.75, 3.05) is 31.0 Å². The Labute approximate surface area is 217 Å². The van der Waals surface area contributed by atoms with E-state index in [1.165, 1.54) is 26.4 Å². The fraction of sp³-hybridized carbons (Fsp3) is 0.346. The molecule has 3 aromatic rings. The predicted octanol–water partition coefficient (Wildman–Crippen LogP) is 3.98. The van der Waals surface area contributed by atoms with Gasteiger partial charge in [-0.2, -0.15) is 8.42 Å². The summed E-state index contributed by atoms with van der Waals surface area (Å²) >= 11 is 0. The van der Waals surface area contributed by atoms with Gasteiger partial charge in [0, 0.05) is 42.2 Å². The lowest BCUT2D eigenvalue weighted by atomic mass is 9.90. The Morgan fingerprint density at radius 3 is 2.41 bits per heavy atom. The van der Waals surface area contributed by atoms with Gasteiger partial charge in [-0.1, -0.05) is 13.0 Å². The highest BCUT2D eigenvalue weighted by Gasteiger charge is 2.40. The number of amides is 1. The first-order valence-electron chi connectivity index (χ1n) is 11.8. The zero-order valence-corrected chi connectivity index (χ0v) is 22.3. The monoisotopic (exact) mass is 525 g/mol. The number of ether oxygens (including phenoxy) is 2. The second-order valence-corrected chi connectivity index (χ2v) is 11.0. The van der Waals surface area contributed by atoms with Crippen LogP contribution >= 0.6 is 0 Å². The van der Waals surface area contributed by atoms with Crippen molar-refractivity contribution < 1.29 is 22.7 Å². The summed E-state index contributed by atoms with van der Waals surface area (Å²) < 4.78 is 39.0. The normalized spacial score (nSPS) is 16.8. The van der Waals surface area contributed by atoms with Crippen LogP contribution in [0, 0.1) is 5.92 Å². The molecule has 1 saturated heterocycles. The average molecular weight is 526 g/mol. The summed E-state index contributed by atoms with van der Waals surface area (Å²) in [7, 11) is -1.21. The lowest BCUT2D eigenvalue weighted by molar-refractivity contribution is 0.0981. The molecule has 1 fully saturated rings. The second-order valence-electron chi connectivity index (χ2n) is 9.39. The molecular weight excluding hydrogens is 494 g/mol. The van der Waals surface area contributed by atoms with Gasteiger partial charge in [-0.3, -0.25) is 4.79 Å². The minimum Gasteiger partial charge on any atom is -0.497 e. The molecule has 2 N–H and O–H groups in total. The van der Waals surface area contributed by atoms with Crippen LogP contribution < -0.4 is 24.4 Å². The number of pyridine rings is 2. The average Bonchev–Trinajstić information content (AvgIpc) is 3.15. The predicted molar refractivity (Wildman–Crippen MR) is 141 cm³/mol. The van der Waals surface area contributed by atoms with Crippen LogP contribution in [-0.4, -0.2) is 50.6 Å². The number of rotatable bonds is 8. The molecular formula is C26H31N5O5S. The van der Waals surface area contributed by atoms with Crippen molar-refractivity contribution in [1.82, 2.24) is 14.7 Å². The summed E-state index contributed by atoms with van der Waals surface area (Å²) in [6.45, 7) is 7.07. The summed E-state index contributed by atoms with van der Waals surface area (Å²) in [6, 6.07) is 12.8. The minimum absolute atomic E-state index is 0.186. The van der Waals surface area contributed by atoms with Crippen LogP contribution in [0.4, 0.5) is 17.3 Å². The number of aromatic nitrogens is 2. The molecule has 0 radical (unpaired) electrons. The number of nitrogens with one attached hydrogen (secondary N) is 2. The molecule has 10 nitrogen and oxygen atoms in total. The van der Waals surface area contributed by atoms with Gasteiger partial charge in [0.25, 0.3) is 15.9 Å². The molecule has 1 atom stereocenters. The van der Waals surface area contributed by atoms with Crippen LogP contribution in [0.1, 0.15) is 37.6 Å². The summed E-state index contributed by atoms with van der Waals surface area (Å²) in [5.74, 6) is 1.45. The van der Waals surface area contributed by atoms with Gasteiger partial charge in [0.2, 0.25) is 0 Å². The molecule has 1 aliphatic heterocycles. The summed E-state index contributed by atoms with van der Waals surface area (Å²) in [6.07, 6.45) is 2.55. The number of sulfonamides is 1. The number of nitrogens with zero attached hydrogens (tertiary/aromatic N) is 3. The van der Waals surface area contributed by atoms with Crippen LogP contribution in [-0.2, 0) is 10.0 Å². The van der Waals surface area contributed by atoms with E-state index in [0.29, 0.717) is 28.9 Å². The van der Waals surface area contributed by atoms with E-state index in [0.717, 1.165) is 13.0 Å². The number of hydrogen-bond donors (Lipinski definition) is 2. The Balaban J connectivity index is 1.57. The molecule has 1 unspecified atom stereocenters. The van der Waals surface area contributed by atoms with E-state index < -0.39 is 15.9 Å². The fourth-order valence-electron chi connectivity index (χ4n) is 4.29. The molecule has 11 heteroatoms. The third kappa shape index (κ3) is 5.46. The van der Waals surface area contributed by atoms with Gasteiger partial charge in [-0.05, 0) is 50.5 Å².